The van der Waals surface area contributed by atoms with Crippen molar-refractivity contribution in [1.82, 2.24) is 9.80 Å². The Morgan fingerprint density at radius 2 is 1.84 bits per heavy atom. The molecule has 6 heteroatoms. The molecular formula is C19H26N2O4. The fourth-order valence-electron chi connectivity index (χ4n) is 3.28. The third-order valence-electron chi connectivity index (χ3n) is 4.68. The number of aliphatic carboxylic acids is 1. The van der Waals surface area contributed by atoms with E-state index in [2.05, 4.69) is 0 Å². The van der Waals surface area contributed by atoms with Gasteiger partial charge in [-0.25, -0.2) is 0 Å². The molecule has 1 aliphatic rings. The molecule has 1 fully saturated rings. The molecule has 1 saturated heterocycles. The molecule has 0 aromatic heterocycles. The number of rotatable bonds is 5. The molecule has 0 aliphatic carbocycles. The summed E-state index contributed by atoms with van der Waals surface area (Å²) >= 11 is 0. The van der Waals surface area contributed by atoms with Crippen LogP contribution in [-0.4, -0.2) is 58.4 Å². The number of carboxylic acid groups (broad SMARTS) is 1. The van der Waals surface area contributed by atoms with Crippen LogP contribution in [0, 0.1) is 6.92 Å². The van der Waals surface area contributed by atoms with Crippen molar-refractivity contribution in [2.24, 2.45) is 0 Å². The van der Waals surface area contributed by atoms with Crippen molar-refractivity contribution in [2.45, 2.75) is 45.6 Å². The highest BCUT2D eigenvalue weighted by Gasteiger charge is 2.27. The van der Waals surface area contributed by atoms with Gasteiger partial charge in [-0.15, -0.1) is 0 Å². The van der Waals surface area contributed by atoms with Crippen molar-refractivity contribution in [3.8, 4) is 0 Å². The van der Waals surface area contributed by atoms with Gasteiger partial charge in [-0.3, -0.25) is 14.4 Å². The van der Waals surface area contributed by atoms with Crippen LogP contribution >= 0.6 is 0 Å². The van der Waals surface area contributed by atoms with Crippen LogP contribution in [0.25, 0.3) is 0 Å². The number of nitrogens with zero attached hydrogens (tertiary/aromatic N) is 2. The highest BCUT2D eigenvalue weighted by molar-refractivity contribution is 5.80. The standard InChI is InChI=1S/C19H26N2O4/c1-14-5-7-16(8-6-14)12-18(23)20-10-3-4-17(9-11-20)21(15(2)22)13-19(24)25/h5-8,17H,3-4,9-13H2,1-2H3,(H,24,25). The van der Waals surface area contributed by atoms with E-state index in [1.54, 1.807) is 0 Å². The van der Waals surface area contributed by atoms with Crippen molar-refractivity contribution in [2.75, 3.05) is 19.6 Å². The highest BCUT2D eigenvalue weighted by Crippen LogP contribution is 2.18. The first-order valence-corrected chi connectivity index (χ1v) is 8.69. The number of benzene rings is 1. The summed E-state index contributed by atoms with van der Waals surface area (Å²) in [6, 6.07) is 7.82. The number of likely N-dealkylation sites (tertiary alicyclic amines) is 1. The fraction of sp³-hybridized carbons (Fsp3) is 0.526. The van der Waals surface area contributed by atoms with Gasteiger partial charge in [-0.05, 0) is 31.7 Å². The molecule has 1 unspecified atom stereocenters. The van der Waals surface area contributed by atoms with Gasteiger partial charge in [-0.2, -0.15) is 0 Å². The maximum Gasteiger partial charge on any atom is 0.323 e. The molecule has 1 aliphatic heterocycles. The summed E-state index contributed by atoms with van der Waals surface area (Å²) in [5, 5.41) is 9.00. The second-order valence-corrected chi connectivity index (χ2v) is 6.67. The molecule has 1 heterocycles. The maximum atomic E-state index is 12.5. The Hall–Kier alpha value is -2.37. The lowest BCUT2D eigenvalue weighted by atomic mass is 10.1. The topological polar surface area (TPSA) is 77.9 Å². The minimum absolute atomic E-state index is 0.0807. The Bertz CT molecular complexity index is 627. The first-order valence-electron chi connectivity index (χ1n) is 8.69. The van der Waals surface area contributed by atoms with Gasteiger partial charge in [0.05, 0.1) is 6.42 Å². The lowest BCUT2D eigenvalue weighted by Crippen LogP contribution is -2.43. The van der Waals surface area contributed by atoms with Crippen LogP contribution in [0.2, 0.25) is 0 Å². The molecule has 0 spiro atoms. The van der Waals surface area contributed by atoms with Gasteiger partial charge in [0.1, 0.15) is 6.54 Å². The van der Waals surface area contributed by atoms with E-state index >= 15 is 0 Å². The van der Waals surface area contributed by atoms with Gasteiger partial charge >= 0.3 is 5.97 Å². The SMILES string of the molecule is CC(=O)N(CC(=O)O)C1CCCN(C(=O)Cc2ccc(C)cc2)CC1. The van der Waals surface area contributed by atoms with E-state index in [-0.39, 0.29) is 24.4 Å². The average Bonchev–Trinajstić information content (AvgIpc) is 2.80. The normalized spacial score (nSPS) is 17.7. The quantitative estimate of drug-likeness (QED) is 0.883. The lowest BCUT2D eigenvalue weighted by Gasteiger charge is -2.28. The minimum Gasteiger partial charge on any atom is -0.480 e. The number of hydrogen-bond donors (Lipinski definition) is 1. The van der Waals surface area contributed by atoms with E-state index in [1.807, 2.05) is 36.1 Å². The predicted molar refractivity (Wildman–Crippen MR) is 94.1 cm³/mol. The van der Waals surface area contributed by atoms with Crippen LogP contribution in [0.4, 0.5) is 0 Å². The Kier molecular flexibility index (Phi) is 6.56. The Morgan fingerprint density at radius 3 is 2.44 bits per heavy atom. The van der Waals surface area contributed by atoms with Gasteiger partial charge < -0.3 is 14.9 Å². The summed E-state index contributed by atoms with van der Waals surface area (Å²) in [7, 11) is 0. The number of hydrogen-bond acceptors (Lipinski definition) is 3. The molecule has 1 aromatic carbocycles. The summed E-state index contributed by atoms with van der Waals surface area (Å²) in [6.45, 7) is 4.34. The van der Waals surface area contributed by atoms with Crippen LogP contribution in [0.5, 0.6) is 0 Å². The van der Waals surface area contributed by atoms with Gasteiger partial charge in [0, 0.05) is 26.1 Å². The van der Waals surface area contributed by atoms with Gasteiger partial charge in [0.25, 0.3) is 0 Å². The summed E-state index contributed by atoms with van der Waals surface area (Å²) in [6.07, 6.45) is 2.48. The fourth-order valence-corrected chi connectivity index (χ4v) is 3.28. The van der Waals surface area contributed by atoms with Gasteiger partial charge in [-0.1, -0.05) is 29.8 Å². The molecule has 1 N–H and O–H groups in total. The Morgan fingerprint density at radius 1 is 1.16 bits per heavy atom. The smallest absolute Gasteiger partial charge is 0.323 e. The second-order valence-electron chi connectivity index (χ2n) is 6.67. The molecule has 136 valence electrons. The summed E-state index contributed by atoms with van der Waals surface area (Å²) in [4.78, 5) is 38.5. The van der Waals surface area contributed by atoms with Crippen LogP contribution in [-0.2, 0) is 20.8 Å². The Labute approximate surface area is 148 Å². The van der Waals surface area contributed by atoms with E-state index in [0.717, 1.165) is 24.0 Å². The van der Waals surface area contributed by atoms with Gasteiger partial charge in [0.15, 0.2) is 0 Å². The molecular weight excluding hydrogens is 320 g/mol. The zero-order valence-electron chi connectivity index (χ0n) is 14.9. The number of carboxylic acids is 1. The molecule has 2 rings (SSSR count). The van der Waals surface area contributed by atoms with Crippen molar-refractivity contribution >= 4 is 17.8 Å². The van der Waals surface area contributed by atoms with Crippen LogP contribution in [0.15, 0.2) is 24.3 Å². The molecule has 6 nitrogen and oxygen atoms in total. The summed E-state index contributed by atoms with van der Waals surface area (Å²) < 4.78 is 0. The number of amides is 2. The van der Waals surface area contributed by atoms with E-state index in [1.165, 1.54) is 11.8 Å². The largest absolute Gasteiger partial charge is 0.480 e. The zero-order valence-corrected chi connectivity index (χ0v) is 14.9. The number of carbonyl (C=O) groups excluding carboxylic acids is 2. The highest BCUT2D eigenvalue weighted by atomic mass is 16.4. The first kappa shape index (κ1) is 19.0. The minimum atomic E-state index is -1.01. The third kappa shape index (κ3) is 5.59. The number of aryl methyl sites for hydroxylation is 1. The van der Waals surface area contributed by atoms with Crippen LogP contribution in [0.3, 0.4) is 0 Å². The third-order valence-corrected chi connectivity index (χ3v) is 4.68. The first-order chi connectivity index (χ1) is 11.9. The predicted octanol–water partition coefficient (Wildman–Crippen LogP) is 1.85. The second kappa shape index (κ2) is 8.65. The van der Waals surface area contributed by atoms with Crippen molar-refractivity contribution in [3.63, 3.8) is 0 Å². The average molecular weight is 346 g/mol. The monoisotopic (exact) mass is 346 g/mol. The van der Waals surface area contributed by atoms with Crippen molar-refractivity contribution < 1.29 is 19.5 Å². The molecule has 0 bridgehead atoms. The van der Waals surface area contributed by atoms with Crippen molar-refractivity contribution in [1.29, 1.82) is 0 Å². The summed E-state index contributed by atoms with van der Waals surface area (Å²) in [5.74, 6) is -1.16. The van der Waals surface area contributed by atoms with E-state index in [0.29, 0.717) is 25.9 Å². The van der Waals surface area contributed by atoms with E-state index in [9.17, 15) is 14.4 Å². The molecule has 0 radical (unpaired) electrons. The molecule has 1 aromatic rings. The molecule has 0 saturated carbocycles. The molecule has 1 atom stereocenters. The zero-order chi connectivity index (χ0) is 18.4. The molecule has 2 amide bonds. The number of carbonyl (C=O) groups is 3. The summed E-state index contributed by atoms with van der Waals surface area (Å²) in [5.41, 5.74) is 2.16. The van der Waals surface area contributed by atoms with E-state index in [4.69, 9.17) is 5.11 Å². The van der Waals surface area contributed by atoms with Crippen LogP contribution < -0.4 is 0 Å². The molecule has 25 heavy (non-hydrogen) atoms. The van der Waals surface area contributed by atoms with E-state index < -0.39 is 5.97 Å². The van der Waals surface area contributed by atoms with Crippen molar-refractivity contribution in [3.05, 3.63) is 35.4 Å². The van der Waals surface area contributed by atoms with Gasteiger partial charge in [0.2, 0.25) is 11.8 Å². The lowest BCUT2D eigenvalue weighted by molar-refractivity contribution is -0.145. The Balaban J connectivity index is 1.95. The maximum absolute atomic E-state index is 12.5. The van der Waals surface area contributed by atoms with Crippen LogP contribution in [0.1, 0.15) is 37.3 Å².